The highest BCUT2D eigenvalue weighted by Crippen LogP contribution is 2.25. The highest BCUT2D eigenvalue weighted by atomic mass is 16.5. The number of morpholine rings is 1. The second-order valence-electron chi connectivity index (χ2n) is 8.67. The Kier molecular flexibility index (Phi) is 7.96. The highest BCUT2D eigenvalue weighted by molar-refractivity contribution is 6.01. The number of nitriles is 1. The largest absolute Gasteiger partial charge is 0.378 e. The van der Waals surface area contributed by atoms with Crippen molar-refractivity contribution >= 4 is 28.4 Å². The van der Waals surface area contributed by atoms with Crippen LogP contribution in [-0.4, -0.2) is 55.2 Å². The topological polar surface area (TPSA) is 85.7 Å². The third-order valence-electron chi connectivity index (χ3n) is 6.30. The molecule has 0 aromatic heterocycles. The predicted molar refractivity (Wildman–Crippen MR) is 136 cm³/mol. The van der Waals surface area contributed by atoms with Gasteiger partial charge in [-0.2, -0.15) is 5.26 Å². The third-order valence-corrected chi connectivity index (χ3v) is 6.30. The summed E-state index contributed by atoms with van der Waals surface area (Å²) in [6.45, 7) is 3.57. The maximum absolute atomic E-state index is 13.6. The zero-order valence-electron chi connectivity index (χ0n) is 19.9. The average molecular weight is 471 g/mol. The number of rotatable bonds is 7. The molecule has 4 rings (SSSR count). The van der Waals surface area contributed by atoms with Crippen LogP contribution < -0.4 is 10.2 Å². The predicted octanol–water partition coefficient (Wildman–Crippen LogP) is 4.13. The van der Waals surface area contributed by atoms with E-state index < -0.39 is 12.1 Å². The van der Waals surface area contributed by atoms with Crippen molar-refractivity contribution in [3.63, 3.8) is 0 Å². The van der Waals surface area contributed by atoms with Crippen molar-refractivity contribution in [1.29, 1.82) is 5.26 Å². The van der Waals surface area contributed by atoms with Crippen LogP contribution in [0.15, 0.2) is 72.8 Å². The number of hydrogen-bond donors (Lipinski definition) is 1. The summed E-state index contributed by atoms with van der Waals surface area (Å²) in [6.07, 6.45) is 1.17. The SMILES string of the molecule is C[C@@H](C(=O)N[C@H](C#N)CCc1ccccc1)N(C(=O)N1CCOCC1)c1ccc2ccccc2c1. The van der Waals surface area contributed by atoms with Gasteiger partial charge in [-0.15, -0.1) is 0 Å². The molecule has 1 heterocycles. The van der Waals surface area contributed by atoms with Gasteiger partial charge in [-0.3, -0.25) is 9.69 Å². The average Bonchev–Trinajstić information content (AvgIpc) is 2.91. The van der Waals surface area contributed by atoms with Crippen LogP contribution in [0.3, 0.4) is 0 Å². The van der Waals surface area contributed by atoms with Crippen molar-refractivity contribution in [2.45, 2.75) is 31.8 Å². The molecule has 1 aliphatic heterocycles. The Morgan fingerprint density at radius 2 is 1.71 bits per heavy atom. The molecule has 0 aliphatic carbocycles. The Morgan fingerprint density at radius 1 is 1.03 bits per heavy atom. The lowest BCUT2D eigenvalue weighted by atomic mass is 10.1. The number of urea groups is 1. The minimum atomic E-state index is -0.806. The molecular formula is C28H30N4O3. The lowest BCUT2D eigenvalue weighted by Gasteiger charge is -2.36. The molecule has 0 spiro atoms. The van der Waals surface area contributed by atoms with Crippen molar-refractivity contribution < 1.29 is 14.3 Å². The summed E-state index contributed by atoms with van der Waals surface area (Å²) in [5, 5.41) is 14.5. The van der Waals surface area contributed by atoms with Crippen LogP contribution in [0.5, 0.6) is 0 Å². The first-order chi connectivity index (χ1) is 17.1. The van der Waals surface area contributed by atoms with Gasteiger partial charge in [0.05, 0.1) is 19.3 Å². The van der Waals surface area contributed by atoms with E-state index in [0.717, 1.165) is 16.3 Å². The van der Waals surface area contributed by atoms with E-state index in [1.54, 1.807) is 11.8 Å². The van der Waals surface area contributed by atoms with Gasteiger partial charge in [0.1, 0.15) is 12.1 Å². The summed E-state index contributed by atoms with van der Waals surface area (Å²) in [6, 6.07) is 24.0. The zero-order chi connectivity index (χ0) is 24.6. The summed E-state index contributed by atoms with van der Waals surface area (Å²) in [5.41, 5.74) is 1.75. The number of aryl methyl sites for hydroxylation is 1. The van der Waals surface area contributed by atoms with E-state index >= 15 is 0 Å². The molecule has 35 heavy (non-hydrogen) atoms. The van der Waals surface area contributed by atoms with Crippen LogP contribution in [0.2, 0.25) is 0 Å². The monoisotopic (exact) mass is 470 g/mol. The zero-order valence-corrected chi connectivity index (χ0v) is 19.9. The van der Waals surface area contributed by atoms with E-state index in [1.807, 2.05) is 72.8 Å². The molecule has 3 aromatic carbocycles. The molecule has 7 nitrogen and oxygen atoms in total. The minimum Gasteiger partial charge on any atom is -0.378 e. The third kappa shape index (κ3) is 5.97. The number of carbonyl (C=O) groups is 2. The van der Waals surface area contributed by atoms with E-state index in [1.165, 1.54) is 4.90 Å². The lowest BCUT2D eigenvalue weighted by Crippen LogP contribution is -2.56. The van der Waals surface area contributed by atoms with Gasteiger partial charge in [-0.25, -0.2) is 4.79 Å². The molecule has 0 unspecified atom stereocenters. The normalized spacial score (nSPS) is 15.1. The van der Waals surface area contributed by atoms with Crippen LogP contribution >= 0.6 is 0 Å². The molecular weight excluding hydrogens is 440 g/mol. The van der Waals surface area contributed by atoms with Crippen LogP contribution in [0.25, 0.3) is 10.8 Å². The Morgan fingerprint density at radius 3 is 2.43 bits per heavy atom. The number of benzene rings is 3. The summed E-state index contributed by atoms with van der Waals surface area (Å²) >= 11 is 0. The van der Waals surface area contributed by atoms with Gasteiger partial charge < -0.3 is 15.0 Å². The Balaban J connectivity index is 1.54. The fourth-order valence-electron chi connectivity index (χ4n) is 4.27. The fraction of sp³-hybridized carbons (Fsp3) is 0.321. The molecule has 3 amide bonds. The first kappa shape index (κ1) is 24.2. The summed E-state index contributed by atoms with van der Waals surface area (Å²) < 4.78 is 5.40. The molecule has 1 aliphatic rings. The molecule has 1 saturated heterocycles. The smallest absolute Gasteiger partial charge is 0.325 e. The maximum Gasteiger partial charge on any atom is 0.325 e. The number of carbonyl (C=O) groups excluding carboxylic acids is 2. The van der Waals surface area contributed by atoms with Crippen molar-refractivity contribution in [1.82, 2.24) is 10.2 Å². The second-order valence-corrected chi connectivity index (χ2v) is 8.67. The van der Waals surface area contributed by atoms with Crippen molar-refractivity contribution in [3.05, 3.63) is 78.4 Å². The van der Waals surface area contributed by atoms with Crippen molar-refractivity contribution in [2.75, 3.05) is 31.2 Å². The number of anilines is 1. The number of amides is 3. The maximum atomic E-state index is 13.6. The van der Waals surface area contributed by atoms with Crippen molar-refractivity contribution in [2.24, 2.45) is 0 Å². The van der Waals surface area contributed by atoms with E-state index in [0.29, 0.717) is 44.8 Å². The molecule has 180 valence electrons. The van der Waals surface area contributed by atoms with Gasteiger partial charge in [0.25, 0.3) is 0 Å². The molecule has 2 atom stereocenters. The summed E-state index contributed by atoms with van der Waals surface area (Å²) in [4.78, 5) is 30.1. The minimum absolute atomic E-state index is 0.246. The standard InChI is InChI=1S/C28H30N4O3/c1-21(27(33)30-25(20-29)13-11-22-7-3-2-4-8-22)32(28(34)31-15-17-35-18-16-31)26-14-12-23-9-5-6-10-24(23)19-26/h2-10,12,14,19,21,25H,11,13,15-18H2,1H3,(H,30,33)/t21-,25-/m0/s1. The Bertz CT molecular complexity index is 1200. The Hall–Kier alpha value is -3.89. The molecule has 0 saturated carbocycles. The number of hydrogen-bond acceptors (Lipinski definition) is 4. The quantitative estimate of drug-likeness (QED) is 0.563. The van der Waals surface area contributed by atoms with Gasteiger partial charge >= 0.3 is 6.03 Å². The van der Waals surface area contributed by atoms with Gasteiger partial charge in [-0.05, 0) is 48.2 Å². The fourth-order valence-corrected chi connectivity index (χ4v) is 4.27. The van der Waals surface area contributed by atoms with Gasteiger partial charge in [0, 0.05) is 18.8 Å². The summed E-state index contributed by atoms with van der Waals surface area (Å²) in [5.74, 6) is -0.362. The van der Waals surface area contributed by atoms with Gasteiger partial charge in [-0.1, -0.05) is 60.7 Å². The van der Waals surface area contributed by atoms with Crippen molar-refractivity contribution in [3.8, 4) is 6.07 Å². The van der Waals surface area contributed by atoms with E-state index in [-0.39, 0.29) is 11.9 Å². The molecule has 7 heteroatoms. The second kappa shape index (κ2) is 11.5. The molecule has 0 bridgehead atoms. The number of nitrogens with one attached hydrogen (secondary N) is 1. The number of nitrogens with zero attached hydrogens (tertiary/aromatic N) is 3. The van der Waals surface area contributed by atoms with Crippen LogP contribution in [0.4, 0.5) is 10.5 Å². The number of fused-ring (bicyclic) bond motifs is 1. The first-order valence-electron chi connectivity index (χ1n) is 12.0. The molecule has 1 N–H and O–H groups in total. The molecule has 1 fully saturated rings. The molecule has 0 radical (unpaired) electrons. The van der Waals surface area contributed by atoms with Crippen LogP contribution in [0.1, 0.15) is 18.9 Å². The number of ether oxygens (including phenoxy) is 1. The first-order valence-corrected chi connectivity index (χ1v) is 12.0. The van der Waals surface area contributed by atoms with Gasteiger partial charge in [0.2, 0.25) is 5.91 Å². The molecule has 3 aromatic rings. The van der Waals surface area contributed by atoms with Gasteiger partial charge in [0.15, 0.2) is 0 Å². The Labute approximate surface area is 205 Å². The van der Waals surface area contributed by atoms with E-state index in [2.05, 4.69) is 11.4 Å². The van der Waals surface area contributed by atoms with E-state index in [9.17, 15) is 14.9 Å². The summed E-state index contributed by atoms with van der Waals surface area (Å²) in [7, 11) is 0. The van der Waals surface area contributed by atoms with Crippen LogP contribution in [0, 0.1) is 11.3 Å². The van der Waals surface area contributed by atoms with E-state index in [4.69, 9.17) is 4.74 Å². The van der Waals surface area contributed by atoms with Crippen LogP contribution in [-0.2, 0) is 16.0 Å². The lowest BCUT2D eigenvalue weighted by molar-refractivity contribution is -0.122. The highest BCUT2D eigenvalue weighted by Gasteiger charge is 2.32.